The molecule has 0 saturated heterocycles. The predicted molar refractivity (Wildman–Crippen MR) is 97.2 cm³/mol. The maximum absolute atomic E-state index is 12.4. The minimum atomic E-state index is -3.35. The van der Waals surface area contributed by atoms with Gasteiger partial charge in [-0.1, -0.05) is 0 Å². The van der Waals surface area contributed by atoms with Gasteiger partial charge >= 0.3 is 7.60 Å². The van der Waals surface area contributed by atoms with Gasteiger partial charge in [0.05, 0.1) is 24.7 Å². The Kier molecular flexibility index (Phi) is 6.66. The summed E-state index contributed by atoms with van der Waals surface area (Å²) in [6.07, 6.45) is 0. The first kappa shape index (κ1) is 21.0. The lowest BCUT2D eigenvalue weighted by Crippen LogP contribution is -2.27. The molecule has 0 fully saturated rings. The maximum Gasteiger partial charge on any atom is 0.346 e. The van der Waals surface area contributed by atoms with E-state index in [-0.39, 0.29) is 29.5 Å². The van der Waals surface area contributed by atoms with Crippen LogP contribution in [0.15, 0.2) is 12.1 Å². The molecule has 1 aromatic heterocycles. The van der Waals surface area contributed by atoms with Crippen LogP contribution in [0.25, 0.3) is 11.0 Å². The zero-order valence-corrected chi connectivity index (χ0v) is 16.5. The van der Waals surface area contributed by atoms with Crippen molar-refractivity contribution in [2.24, 2.45) is 0 Å². The fourth-order valence-corrected chi connectivity index (χ4v) is 3.55. The Hall–Kier alpha value is -2.33. The van der Waals surface area contributed by atoms with Gasteiger partial charge in [-0.05, 0) is 6.92 Å². The van der Waals surface area contributed by atoms with Crippen molar-refractivity contribution in [2.45, 2.75) is 19.3 Å². The number of ether oxygens (including phenoxy) is 2. The Labute approximate surface area is 155 Å². The summed E-state index contributed by atoms with van der Waals surface area (Å²) in [6.45, 7) is 1.74. The molecule has 0 aliphatic rings. The standard InChI is InChI=1S/C15H21N4O7P/c1-9(27(22,25-4)26-5)16-8-10-6-11(19(20)21)7-12-13(10)18-15(24-3)14(17-12)23-2/h6-7,9,16H,8H2,1-5H3/t9-/m1/s1. The van der Waals surface area contributed by atoms with Crippen LogP contribution in [0.4, 0.5) is 5.69 Å². The van der Waals surface area contributed by atoms with Crippen molar-refractivity contribution >= 4 is 24.3 Å². The highest BCUT2D eigenvalue weighted by Crippen LogP contribution is 2.50. The van der Waals surface area contributed by atoms with Crippen LogP contribution in [-0.2, 0) is 20.2 Å². The van der Waals surface area contributed by atoms with Crippen molar-refractivity contribution in [1.82, 2.24) is 15.3 Å². The van der Waals surface area contributed by atoms with E-state index in [1.807, 2.05) is 0 Å². The van der Waals surface area contributed by atoms with Crippen LogP contribution in [0.1, 0.15) is 12.5 Å². The molecule has 11 nitrogen and oxygen atoms in total. The molecule has 1 N–H and O–H groups in total. The topological polar surface area (TPSA) is 135 Å². The number of hydrogen-bond donors (Lipinski definition) is 1. The van der Waals surface area contributed by atoms with Gasteiger partial charge in [0.1, 0.15) is 11.3 Å². The van der Waals surface area contributed by atoms with Gasteiger partial charge in [-0.3, -0.25) is 20.0 Å². The fraction of sp³-hybridized carbons (Fsp3) is 0.467. The monoisotopic (exact) mass is 400 g/mol. The van der Waals surface area contributed by atoms with Crippen molar-refractivity contribution in [1.29, 1.82) is 0 Å². The van der Waals surface area contributed by atoms with Gasteiger partial charge in [0.2, 0.25) is 0 Å². The summed E-state index contributed by atoms with van der Waals surface area (Å²) in [5.74, 6) is -0.399. The van der Waals surface area contributed by atoms with E-state index in [2.05, 4.69) is 15.3 Å². The van der Waals surface area contributed by atoms with Gasteiger partial charge in [-0.15, -0.1) is 0 Å². The second-order valence-corrected chi connectivity index (χ2v) is 8.02. The predicted octanol–water partition coefficient (Wildman–Crippen LogP) is 2.48. The van der Waals surface area contributed by atoms with Crippen LogP contribution in [0.2, 0.25) is 0 Å². The Bertz CT molecular complexity index is 884. The molecule has 2 rings (SSSR count). The van der Waals surface area contributed by atoms with Crippen LogP contribution >= 0.6 is 7.60 Å². The lowest BCUT2D eigenvalue weighted by molar-refractivity contribution is -0.384. The zero-order chi connectivity index (χ0) is 20.2. The molecule has 0 bridgehead atoms. The molecule has 0 aliphatic heterocycles. The van der Waals surface area contributed by atoms with Crippen LogP contribution in [-0.4, -0.2) is 49.1 Å². The molecule has 27 heavy (non-hydrogen) atoms. The van der Waals surface area contributed by atoms with Crippen LogP contribution < -0.4 is 14.8 Å². The Morgan fingerprint density at radius 2 is 1.74 bits per heavy atom. The third kappa shape index (κ3) is 4.33. The highest BCUT2D eigenvalue weighted by molar-refractivity contribution is 7.54. The van der Waals surface area contributed by atoms with E-state index < -0.39 is 18.3 Å². The average molecular weight is 400 g/mol. The third-order valence-electron chi connectivity index (χ3n) is 3.94. The minimum absolute atomic E-state index is 0.111. The second kappa shape index (κ2) is 8.57. The highest BCUT2D eigenvalue weighted by Gasteiger charge is 2.30. The molecule has 12 heteroatoms. The largest absolute Gasteiger partial charge is 0.477 e. The van der Waals surface area contributed by atoms with E-state index in [4.69, 9.17) is 18.5 Å². The Morgan fingerprint density at radius 1 is 1.15 bits per heavy atom. The lowest BCUT2D eigenvalue weighted by Gasteiger charge is -2.22. The van der Waals surface area contributed by atoms with Gasteiger partial charge in [0, 0.05) is 38.5 Å². The summed E-state index contributed by atoms with van der Waals surface area (Å²) < 4.78 is 32.6. The van der Waals surface area contributed by atoms with Crippen molar-refractivity contribution < 1.29 is 28.0 Å². The number of hydrogen-bond acceptors (Lipinski definition) is 10. The summed E-state index contributed by atoms with van der Waals surface area (Å²) in [6, 6.07) is 2.67. The number of benzene rings is 1. The van der Waals surface area contributed by atoms with Crippen LogP contribution in [0.5, 0.6) is 11.8 Å². The number of aromatic nitrogens is 2. The molecule has 1 heterocycles. The van der Waals surface area contributed by atoms with Crippen molar-refractivity contribution in [3.8, 4) is 11.8 Å². The van der Waals surface area contributed by atoms with Crippen molar-refractivity contribution in [3.63, 3.8) is 0 Å². The number of fused-ring (bicyclic) bond motifs is 1. The van der Waals surface area contributed by atoms with Gasteiger partial charge < -0.3 is 18.5 Å². The summed E-state index contributed by atoms with van der Waals surface area (Å²) in [5, 5.41) is 14.3. The number of nitrogens with one attached hydrogen (secondary N) is 1. The number of nitro benzene ring substituents is 1. The highest BCUT2D eigenvalue weighted by atomic mass is 31.2. The van der Waals surface area contributed by atoms with Gasteiger partial charge in [0.25, 0.3) is 17.4 Å². The molecular weight excluding hydrogens is 379 g/mol. The molecule has 0 radical (unpaired) electrons. The SMILES string of the molecule is COc1nc2cc([N+](=O)[O-])cc(CN[C@@H](C)P(=O)(OC)OC)c2nc1OC. The number of nitro groups is 1. The van der Waals surface area contributed by atoms with Crippen molar-refractivity contribution in [3.05, 3.63) is 27.8 Å². The minimum Gasteiger partial charge on any atom is -0.477 e. The first-order valence-electron chi connectivity index (χ1n) is 7.81. The fourth-order valence-electron chi connectivity index (χ4n) is 2.45. The molecule has 0 unspecified atom stereocenters. The zero-order valence-electron chi connectivity index (χ0n) is 15.6. The number of nitrogens with zero attached hydrogens (tertiary/aromatic N) is 3. The maximum atomic E-state index is 12.4. The van der Waals surface area contributed by atoms with E-state index in [9.17, 15) is 14.7 Å². The number of non-ortho nitro benzene ring substituents is 1. The smallest absolute Gasteiger partial charge is 0.346 e. The molecule has 0 aliphatic carbocycles. The van der Waals surface area contributed by atoms with E-state index in [1.165, 1.54) is 40.6 Å². The van der Waals surface area contributed by atoms with Crippen LogP contribution in [0.3, 0.4) is 0 Å². The average Bonchev–Trinajstić information content (AvgIpc) is 2.69. The van der Waals surface area contributed by atoms with Gasteiger partial charge in [-0.25, -0.2) is 9.97 Å². The van der Waals surface area contributed by atoms with E-state index in [0.29, 0.717) is 11.1 Å². The molecule has 0 amide bonds. The van der Waals surface area contributed by atoms with Crippen LogP contribution in [0, 0.1) is 10.1 Å². The third-order valence-corrected chi connectivity index (χ3v) is 6.09. The second-order valence-electron chi connectivity index (χ2n) is 5.43. The van der Waals surface area contributed by atoms with E-state index in [1.54, 1.807) is 6.92 Å². The van der Waals surface area contributed by atoms with Gasteiger partial charge in [0.15, 0.2) is 0 Å². The number of rotatable bonds is 9. The van der Waals surface area contributed by atoms with Gasteiger partial charge in [-0.2, -0.15) is 0 Å². The summed E-state index contributed by atoms with van der Waals surface area (Å²) in [7, 11) is 2.03. The Balaban J connectivity index is 2.50. The normalized spacial score (nSPS) is 12.8. The summed E-state index contributed by atoms with van der Waals surface area (Å²) in [4.78, 5) is 19.3. The quantitative estimate of drug-likeness (QED) is 0.380. The molecule has 148 valence electrons. The first-order valence-corrected chi connectivity index (χ1v) is 9.42. The van der Waals surface area contributed by atoms with E-state index in [0.717, 1.165) is 0 Å². The summed E-state index contributed by atoms with van der Waals surface area (Å²) in [5.41, 5.74) is 0.976. The number of methoxy groups -OCH3 is 2. The molecule has 0 saturated carbocycles. The lowest BCUT2D eigenvalue weighted by atomic mass is 10.1. The molecular formula is C15H21N4O7P. The first-order chi connectivity index (χ1) is 12.8. The summed E-state index contributed by atoms with van der Waals surface area (Å²) >= 11 is 0. The Morgan fingerprint density at radius 3 is 2.26 bits per heavy atom. The van der Waals surface area contributed by atoms with E-state index >= 15 is 0 Å². The molecule has 1 atom stereocenters. The molecule has 2 aromatic rings. The molecule has 0 spiro atoms. The van der Waals surface area contributed by atoms with Crippen molar-refractivity contribution in [2.75, 3.05) is 28.4 Å². The molecule has 1 aromatic carbocycles.